The highest BCUT2D eigenvalue weighted by Crippen LogP contribution is 2.26. The van der Waals surface area contributed by atoms with Crippen LogP contribution in [0.4, 0.5) is 30.2 Å². The number of nitrogens with two attached hydrogens (primary N) is 1. The number of anilines is 3. The summed E-state index contributed by atoms with van der Waals surface area (Å²) in [6.45, 7) is 1.77. The first-order valence-corrected chi connectivity index (χ1v) is 5.25. The number of nitrogens with one attached hydrogen (secondary N) is 1. The number of nitrogen functional groups attached to an aromatic ring is 1. The fourth-order valence-corrected chi connectivity index (χ4v) is 1.59. The zero-order valence-corrected chi connectivity index (χ0v) is 9.60. The van der Waals surface area contributed by atoms with E-state index in [9.17, 15) is 13.2 Å². The highest BCUT2D eigenvalue weighted by Gasteiger charge is 2.13. The molecular weight excluding hydrogens is 241 g/mol. The molecule has 0 aliphatic carbocycles. The molecule has 18 heavy (non-hydrogen) atoms. The SMILES string of the molecule is Cc1cc(N)ccc1Nc1ccc(F)c(F)c1F. The van der Waals surface area contributed by atoms with E-state index in [4.69, 9.17) is 5.73 Å². The molecule has 0 spiro atoms. The Labute approximate surface area is 102 Å². The number of aryl methyl sites for hydroxylation is 1. The standard InChI is InChI=1S/C13H11F3N2/c1-7-6-8(17)2-4-10(7)18-11-5-3-9(14)12(15)13(11)16/h2-6,18H,17H2,1H3. The van der Waals surface area contributed by atoms with Crippen molar-refractivity contribution < 1.29 is 13.2 Å². The predicted octanol–water partition coefficient (Wildman–Crippen LogP) is 3.74. The van der Waals surface area contributed by atoms with Gasteiger partial charge in [0, 0.05) is 11.4 Å². The van der Waals surface area contributed by atoms with E-state index in [-0.39, 0.29) is 5.69 Å². The summed E-state index contributed by atoms with van der Waals surface area (Å²) < 4.78 is 39.3. The van der Waals surface area contributed by atoms with Crippen molar-refractivity contribution in [3.8, 4) is 0 Å². The zero-order valence-electron chi connectivity index (χ0n) is 9.60. The first-order chi connectivity index (χ1) is 8.49. The van der Waals surface area contributed by atoms with Crippen molar-refractivity contribution >= 4 is 17.1 Å². The average molecular weight is 252 g/mol. The van der Waals surface area contributed by atoms with Crippen molar-refractivity contribution in [3.05, 3.63) is 53.3 Å². The Bertz CT molecular complexity index is 597. The molecular formula is C13H11F3N2. The van der Waals surface area contributed by atoms with Crippen LogP contribution in [0, 0.1) is 24.4 Å². The monoisotopic (exact) mass is 252 g/mol. The normalized spacial score (nSPS) is 10.4. The van der Waals surface area contributed by atoms with Crippen LogP contribution in [0.15, 0.2) is 30.3 Å². The lowest BCUT2D eigenvalue weighted by atomic mass is 10.1. The van der Waals surface area contributed by atoms with E-state index in [2.05, 4.69) is 5.32 Å². The van der Waals surface area contributed by atoms with E-state index in [0.29, 0.717) is 11.4 Å². The first kappa shape index (κ1) is 12.3. The molecule has 0 atom stereocenters. The summed E-state index contributed by atoms with van der Waals surface area (Å²) in [5.41, 5.74) is 7.39. The molecule has 0 bridgehead atoms. The fourth-order valence-electron chi connectivity index (χ4n) is 1.59. The Hall–Kier alpha value is -2.17. The molecule has 0 aliphatic rings. The third kappa shape index (κ3) is 2.25. The maximum Gasteiger partial charge on any atom is 0.196 e. The van der Waals surface area contributed by atoms with E-state index in [1.807, 2.05) is 0 Å². The molecule has 5 heteroatoms. The molecule has 0 radical (unpaired) electrons. The number of hydrogen-bond donors (Lipinski definition) is 2. The van der Waals surface area contributed by atoms with Crippen molar-refractivity contribution in [3.63, 3.8) is 0 Å². The quantitative estimate of drug-likeness (QED) is 0.631. The summed E-state index contributed by atoms with van der Waals surface area (Å²) >= 11 is 0. The molecule has 0 heterocycles. The third-order valence-electron chi connectivity index (χ3n) is 2.55. The summed E-state index contributed by atoms with van der Waals surface area (Å²) in [5.74, 6) is -3.95. The van der Waals surface area contributed by atoms with Crippen LogP contribution >= 0.6 is 0 Å². The van der Waals surface area contributed by atoms with Crippen molar-refractivity contribution in [2.24, 2.45) is 0 Å². The van der Waals surface area contributed by atoms with Gasteiger partial charge in [-0.05, 0) is 42.8 Å². The van der Waals surface area contributed by atoms with Crippen LogP contribution in [-0.2, 0) is 0 Å². The Morgan fingerprint density at radius 3 is 2.28 bits per heavy atom. The number of rotatable bonds is 2. The second-order valence-electron chi connectivity index (χ2n) is 3.92. The van der Waals surface area contributed by atoms with Gasteiger partial charge in [0.25, 0.3) is 0 Å². The predicted molar refractivity (Wildman–Crippen MR) is 65.2 cm³/mol. The lowest BCUT2D eigenvalue weighted by Gasteiger charge is -2.11. The van der Waals surface area contributed by atoms with Gasteiger partial charge in [0.1, 0.15) is 0 Å². The van der Waals surface area contributed by atoms with Gasteiger partial charge in [0.15, 0.2) is 17.5 Å². The molecule has 2 nitrogen and oxygen atoms in total. The molecule has 0 saturated heterocycles. The lowest BCUT2D eigenvalue weighted by molar-refractivity contribution is 0.449. The van der Waals surface area contributed by atoms with Crippen molar-refractivity contribution in [2.75, 3.05) is 11.1 Å². The molecule has 2 aromatic carbocycles. The second kappa shape index (κ2) is 4.60. The van der Waals surface area contributed by atoms with E-state index >= 15 is 0 Å². The summed E-state index contributed by atoms with van der Waals surface area (Å²) in [6.07, 6.45) is 0. The molecule has 3 N–H and O–H groups in total. The molecule has 0 aliphatic heterocycles. The number of benzene rings is 2. The lowest BCUT2D eigenvalue weighted by Crippen LogP contribution is -2.00. The minimum atomic E-state index is -1.49. The Kier molecular flexibility index (Phi) is 3.14. The molecule has 94 valence electrons. The molecule has 0 saturated carbocycles. The van der Waals surface area contributed by atoms with Gasteiger partial charge in [-0.1, -0.05) is 0 Å². The molecule has 2 rings (SSSR count). The van der Waals surface area contributed by atoms with Crippen LogP contribution in [0.3, 0.4) is 0 Å². The van der Waals surface area contributed by atoms with Gasteiger partial charge in [0.05, 0.1) is 5.69 Å². The average Bonchev–Trinajstić information content (AvgIpc) is 2.33. The van der Waals surface area contributed by atoms with Crippen molar-refractivity contribution in [1.82, 2.24) is 0 Å². The molecule has 0 aromatic heterocycles. The highest BCUT2D eigenvalue weighted by atomic mass is 19.2. The van der Waals surface area contributed by atoms with E-state index < -0.39 is 17.5 Å². The third-order valence-corrected chi connectivity index (χ3v) is 2.55. The molecule has 0 amide bonds. The number of hydrogen-bond acceptors (Lipinski definition) is 2. The largest absolute Gasteiger partial charge is 0.399 e. The first-order valence-electron chi connectivity index (χ1n) is 5.25. The van der Waals surface area contributed by atoms with Crippen LogP contribution in [0.2, 0.25) is 0 Å². The van der Waals surface area contributed by atoms with Gasteiger partial charge in [-0.2, -0.15) is 0 Å². The van der Waals surface area contributed by atoms with Gasteiger partial charge in [-0.25, -0.2) is 13.2 Å². The summed E-state index contributed by atoms with van der Waals surface area (Å²) in [5, 5.41) is 2.70. The molecule has 0 fully saturated rings. The highest BCUT2D eigenvalue weighted by molar-refractivity contribution is 5.66. The van der Waals surface area contributed by atoms with Gasteiger partial charge in [0.2, 0.25) is 0 Å². The smallest absolute Gasteiger partial charge is 0.196 e. The van der Waals surface area contributed by atoms with E-state index in [0.717, 1.165) is 17.7 Å². The summed E-state index contributed by atoms with van der Waals surface area (Å²) in [6, 6.07) is 6.98. The maximum atomic E-state index is 13.5. The Balaban J connectivity index is 2.37. The van der Waals surface area contributed by atoms with E-state index in [1.165, 1.54) is 0 Å². The molecule has 2 aromatic rings. The maximum absolute atomic E-state index is 13.5. The van der Waals surface area contributed by atoms with Crippen LogP contribution in [0.25, 0.3) is 0 Å². The van der Waals surface area contributed by atoms with Crippen LogP contribution in [-0.4, -0.2) is 0 Å². The Morgan fingerprint density at radius 1 is 0.944 bits per heavy atom. The van der Waals surface area contributed by atoms with Crippen molar-refractivity contribution in [1.29, 1.82) is 0 Å². The Morgan fingerprint density at radius 2 is 1.61 bits per heavy atom. The summed E-state index contributed by atoms with van der Waals surface area (Å²) in [7, 11) is 0. The fraction of sp³-hybridized carbons (Fsp3) is 0.0769. The van der Waals surface area contributed by atoms with Gasteiger partial charge < -0.3 is 11.1 Å². The minimum Gasteiger partial charge on any atom is -0.399 e. The molecule has 0 unspecified atom stereocenters. The number of halogens is 3. The van der Waals surface area contributed by atoms with Crippen LogP contribution in [0.1, 0.15) is 5.56 Å². The minimum absolute atomic E-state index is 0.123. The van der Waals surface area contributed by atoms with E-state index in [1.54, 1.807) is 25.1 Å². The van der Waals surface area contributed by atoms with Gasteiger partial charge in [-0.15, -0.1) is 0 Å². The van der Waals surface area contributed by atoms with Crippen molar-refractivity contribution in [2.45, 2.75) is 6.92 Å². The van der Waals surface area contributed by atoms with Gasteiger partial charge in [-0.3, -0.25) is 0 Å². The topological polar surface area (TPSA) is 38.0 Å². The second-order valence-corrected chi connectivity index (χ2v) is 3.92. The van der Waals surface area contributed by atoms with Crippen LogP contribution in [0.5, 0.6) is 0 Å². The van der Waals surface area contributed by atoms with Gasteiger partial charge >= 0.3 is 0 Å². The zero-order chi connectivity index (χ0) is 13.3. The van der Waals surface area contributed by atoms with Crippen LogP contribution < -0.4 is 11.1 Å². The summed E-state index contributed by atoms with van der Waals surface area (Å²) in [4.78, 5) is 0.